The molecule has 0 bridgehead atoms. The van der Waals surface area contributed by atoms with Gasteiger partial charge >= 0.3 is 6.18 Å². The van der Waals surface area contributed by atoms with Crippen molar-refractivity contribution in [1.29, 1.82) is 0 Å². The van der Waals surface area contributed by atoms with Gasteiger partial charge in [0.2, 0.25) is 0 Å². The summed E-state index contributed by atoms with van der Waals surface area (Å²) in [6, 6.07) is 11.5. The van der Waals surface area contributed by atoms with Crippen molar-refractivity contribution in [2.24, 2.45) is 0 Å². The molecule has 4 nitrogen and oxygen atoms in total. The first-order valence-electron chi connectivity index (χ1n) is 8.11. The van der Waals surface area contributed by atoms with Crippen LogP contribution in [-0.2, 0) is 6.18 Å². The number of fused-ring (bicyclic) bond motifs is 1. The molecular formula is C20H12F4N2O2. The fourth-order valence-electron chi connectivity index (χ4n) is 3.06. The molecule has 0 spiro atoms. The summed E-state index contributed by atoms with van der Waals surface area (Å²) in [5, 5.41) is 23.7. The molecular weight excluding hydrogens is 376 g/mol. The summed E-state index contributed by atoms with van der Waals surface area (Å²) in [5.74, 6) is -1.77. The summed E-state index contributed by atoms with van der Waals surface area (Å²) in [4.78, 5) is 0. The average Bonchev–Trinajstić information content (AvgIpc) is 3.06. The molecule has 0 unspecified atom stereocenters. The van der Waals surface area contributed by atoms with Crippen LogP contribution in [-0.4, -0.2) is 20.0 Å². The molecule has 3 aromatic carbocycles. The Morgan fingerprint density at radius 1 is 0.893 bits per heavy atom. The zero-order valence-corrected chi connectivity index (χ0v) is 14.1. The van der Waals surface area contributed by atoms with E-state index < -0.39 is 29.1 Å². The number of phenols is 2. The molecule has 8 heteroatoms. The van der Waals surface area contributed by atoms with Crippen LogP contribution in [0.4, 0.5) is 17.6 Å². The van der Waals surface area contributed by atoms with E-state index in [1.54, 1.807) is 12.1 Å². The summed E-state index contributed by atoms with van der Waals surface area (Å²) in [6.45, 7) is 0. The number of halogens is 4. The van der Waals surface area contributed by atoms with E-state index in [4.69, 9.17) is 0 Å². The third kappa shape index (κ3) is 3.02. The monoisotopic (exact) mass is 388 g/mol. The van der Waals surface area contributed by atoms with E-state index in [0.29, 0.717) is 28.2 Å². The number of nitrogens with zero attached hydrogens (tertiary/aromatic N) is 2. The third-order valence-corrected chi connectivity index (χ3v) is 4.36. The van der Waals surface area contributed by atoms with Gasteiger partial charge < -0.3 is 10.2 Å². The van der Waals surface area contributed by atoms with Gasteiger partial charge in [0.1, 0.15) is 5.75 Å². The SMILES string of the molecule is Oc1ccc(-c2ccc3c(cnn3-c3ccc(F)c(O)c3)c2)c(C(F)(F)F)c1. The number of hydrogen-bond acceptors (Lipinski definition) is 3. The normalized spacial score (nSPS) is 11.9. The molecule has 0 aliphatic rings. The minimum atomic E-state index is -4.63. The Hall–Kier alpha value is -3.55. The van der Waals surface area contributed by atoms with Crippen LogP contribution in [0.15, 0.2) is 60.8 Å². The van der Waals surface area contributed by atoms with Crippen molar-refractivity contribution in [3.8, 4) is 28.3 Å². The molecule has 1 aromatic heterocycles. The van der Waals surface area contributed by atoms with Crippen molar-refractivity contribution < 1.29 is 27.8 Å². The molecule has 1 heterocycles. The van der Waals surface area contributed by atoms with Crippen LogP contribution >= 0.6 is 0 Å². The summed E-state index contributed by atoms with van der Waals surface area (Å²) in [6.07, 6.45) is -3.16. The number of phenolic OH excluding ortho intramolecular Hbond substituents is 2. The zero-order chi connectivity index (χ0) is 20.1. The van der Waals surface area contributed by atoms with Crippen LogP contribution in [0, 0.1) is 5.82 Å². The topological polar surface area (TPSA) is 58.3 Å². The predicted octanol–water partition coefficient (Wildman–Crippen LogP) is 5.26. The van der Waals surface area contributed by atoms with Gasteiger partial charge in [-0.05, 0) is 47.5 Å². The van der Waals surface area contributed by atoms with Gasteiger partial charge in [-0.3, -0.25) is 0 Å². The van der Waals surface area contributed by atoms with E-state index in [1.807, 2.05) is 0 Å². The van der Waals surface area contributed by atoms with Gasteiger partial charge in [-0.15, -0.1) is 0 Å². The molecule has 0 fully saturated rings. The Morgan fingerprint density at radius 2 is 1.68 bits per heavy atom. The fourth-order valence-corrected chi connectivity index (χ4v) is 3.06. The van der Waals surface area contributed by atoms with Crippen LogP contribution in [0.3, 0.4) is 0 Å². The highest BCUT2D eigenvalue weighted by Gasteiger charge is 2.34. The third-order valence-electron chi connectivity index (χ3n) is 4.36. The lowest BCUT2D eigenvalue weighted by molar-refractivity contribution is -0.137. The Morgan fingerprint density at radius 3 is 2.39 bits per heavy atom. The first kappa shape index (κ1) is 17.8. The number of aromatic nitrogens is 2. The van der Waals surface area contributed by atoms with E-state index >= 15 is 0 Å². The molecule has 28 heavy (non-hydrogen) atoms. The van der Waals surface area contributed by atoms with E-state index in [9.17, 15) is 27.8 Å². The van der Waals surface area contributed by atoms with Crippen LogP contribution in [0.2, 0.25) is 0 Å². The van der Waals surface area contributed by atoms with Crippen LogP contribution in [0.1, 0.15) is 5.56 Å². The summed E-state index contributed by atoms with van der Waals surface area (Å²) in [7, 11) is 0. The first-order valence-corrected chi connectivity index (χ1v) is 8.11. The second-order valence-corrected chi connectivity index (χ2v) is 6.19. The maximum Gasteiger partial charge on any atom is 0.417 e. The average molecular weight is 388 g/mol. The molecule has 0 saturated carbocycles. The number of benzene rings is 3. The van der Waals surface area contributed by atoms with E-state index in [1.165, 1.54) is 41.2 Å². The van der Waals surface area contributed by atoms with Gasteiger partial charge in [0.05, 0.1) is 23.0 Å². The molecule has 4 rings (SSSR count). The molecule has 0 radical (unpaired) electrons. The molecule has 0 saturated heterocycles. The van der Waals surface area contributed by atoms with E-state index in [0.717, 1.165) is 6.07 Å². The van der Waals surface area contributed by atoms with Crippen molar-refractivity contribution in [2.75, 3.05) is 0 Å². The van der Waals surface area contributed by atoms with Crippen molar-refractivity contribution >= 4 is 10.9 Å². The lowest BCUT2D eigenvalue weighted by Gasteiger charge is -2.13. The highest BCUT2D eigenvalue weighted by atomic mass is 19.4. The van der Waals surface area contributed by atoms with Crippen molar-refractivity contribution in [1.82, 2.24) is 9.78 Å². The Bertz CT molecular complexity index is 1200. The lowest BCUT2D eigenvalue weighted by Crippen LogP contribution is -2.07. The summed E-state index contributed by atoms with van der Waals surface area (Å²) >= 11 is 0. The maximum absolute atomic E-state index is 13.3. The summed E-state index contributed by atoms with van der Waals surface area (Å²) in [5.41, 5.74) is 0.271. The zero-order valence-electron chi connectivity index (χ0n) is 14.1. The number of alkyl halides is 3. The van der Waals surface area contributed by atoms with Crippen LogP contribution in [0.25, 0.3) is 27.7 Å². The number of aromatic hydroxyl groups is 2. The molecule has 142 valence electrons. The largest absolute Gasteiger partial charge is 0.508 e. The first-order chi connectivity index (χ1) is 13.2. The molecule has 0 amide bonds. The minimum absolute atomic E-state index is 0.0700. The number of hydrogen-bond donors (Lipinski definition) is 2. The van der Waals surface area contributed by atoms with Crippen LogP contribution in [0.5, 0.6) is 11.5 Å². The van der Waals surface area contributed by atoms with Crippen LogP contribution < -0.4 is 0 Å². The quantitative estimate of drug-likeness (QED) is 0.461. The second kappa shape index (κ2) is 6.26. The maximum atomic E-state index is 13.3. The Balaban J connectivity index is 1.84. The van der Waals surface area contributed by atoms with Gasteiger partial charge in [-0.1, -0.05) is 12.1 Å². The minimum Gasteiger partial charge on any atom is -0.508 e. The van der Waals surface area contributed by atoms with E-state index in [2.05, 4.69) is 5.10 Å². The van der Waals surface area contributed by atoms with Crippen molar-refractivity contribution in [2.45, 2.75) is 6.18 Å². The Labute approximate surface area is 155 Å². The Kier molecular flexibility index (Phi) is 3.99. The second-order valence-electron chi connectivity index (χ2n) is 6.19. The van der Waals surface area contributed by atoms with Crippen molar-refractivity contribution in [3.63, 3.8) is 0 Å². The lowest BCUT2D eigenvalue weighted by atomic mass is 9.98. The fraction of sp³-hybridized carbons (Fsp3) is 0.0500. The standard InChI is InChI=1S/C20H12F4N2O2/c21-17-5-2-13(8-19(17)28)26-18-6-1-11(7-12(18)10-25-26)15-4-3-14(27)9-16(15)20(22,23)24/h1-10,27-28H. The van der Waals surface area contributed by atoms with Gasteiger partial charge in [0, 0.05) is 11.5 Å². The highest BCUT2D eigenvalue weighted by Crippen LogP contribution is 2.39. The van der Waals surface area contributed by atoms with E-state index in [-0.39, 0.29) is 5.56 Å². The van der Waals surface area contributed by atoms with Crippen molar-refractivity contribution in [3.05, 3.63) is 72.2 Å². The molecule has 0 atom stereocenters. The van der Waals surface area contributed by atoms with Gasteiger partial charge in [-0.2, -0.15) is 18.3 Å². The van der Waals surface area contributed by atoms with Gasteiger partial charge in [0.15, 0.2) is 11.6 Å². The number of rotatable bonds is 2. The predicted molar refractivity (Wildman–Crippen MR) is 94.8 cm³/mol. The smallest absolute Gasteiger partial charge is 0.417 e. The van der Waals surface area contributed by atoms with Gasteiger partial charge in [-0.25, -0.2) is 9.07 Å². The molecule has 0 aliphatic heterocycles. The molecule has 4 aromatic rings. The summed E-state index contributed by atoms with van der Waals surface area (Å²) < 4.78 is 54.7. The molecule has 0 aliphatic carbocycles. The van der Waals surface area contributed by atoms with Gasteiger partial charge in [0.25, 0.3) is 0 Å². The molecule has 2 N–H and O–H groups in total. The highest BCUT2D eigenvalue weighted by molar-refractivity contribution is 5.86.